The number of amides is 1. The van der Waals surface area contributed by atoms with Crippen LogP contribution in [0.25, 0.3) is 0 Å². The van der Waals surface area contributed by atoms with Gasteiger partial charge < -0.3 is 15.4 Å². The van der Waals surface area contributed by atoms with Crippen molar-refractivity contribution >= 4 is 17.5 Å². The normalized spacial score (nSPS) is 9.74. The summed E-state index contributed by atoms with van der Waals surface area (Å²) in [6.07, 6.45) is 0.289. The van der Waals surface area contributed by atoms with Gasteiger partial charge in [0, 0.05) is 23.7 Å². The molecular weight excluding hydrogens is 266 g/mol. The van der Waals surface area contributed by atoms with Crippen molar-refractivity contribution in [3.05, 3.63) is 28.8 Å². The molecule has 0 atom stereocenters. The van der Waals surface area contributed by atoms with Gasteiger partial charge in [0.05, 0.1) is 12.5 Å². The molecule has 19 heavy (non-hydrogen) atoms. The fourth-order valence-electron chi connectivity index (χ4n) is 1.47. The molecule has 1 aromatic carbocycles. The number of carbonyl (C=O) groups excluding carboxylic acids is 1. The molecule has 2 N–H and O–H groups in total. The lowest BCUT2D eigenvalue weighted by Gasteiger charge is -2.11. The predicted molar refractivity (Wildman–Crippen MR) is 73.0 cm³/mol. The van der Waals surface area contributed by atoms with E-state index >= 15 is 0 Å². The van der Waals surface area contributed by atoms with Gasteiger partial charge in [0.2, 0.25) is 0 Å². The Balaban J connectivity index is 2.52. The maximum Gasteiger partial charge on any atom is 0.257 e. The maximum absolute atomic E-state index is 11.4. The summed E-state index contributed by atoms with van der Waals surface area (Å²) < 4.78 is 5.44. The molecule has 0 aliphatic heterocycles. The zero-order chi connectivity index (χ0) is 14.1. The van der Waals surface area contributed by atoms with Crippen molar-refractivity contribution in [3.8, 4) is 11.8 Å². The summed E-state index contributed by atoms with van der Waals surface area (Å²) >= 11 is 5.91. The number of nitriles is 1. The third-order valence-electron chi connectivity index (χ3n) is 2.31. The van der Waals surface area contributed by atoms with Crippen LogP contribution >= 0.6 is 11.6 Å². The van der Waals surface area contributed by atoms with Crippen molar-refractivity contribution in [2.24, 2.45) is 0 Å². The average molecular weight is 282 g/mol. The highest BCUT2D eigenvalue weighted by atomic mass is 35.5. The Morgan fingerprint density at radius 3 is 3.00 bits per heavy atom. The summed E-state index contributed by atoms with van der Waals surface area (Å²) in [5.74, 6) is 0.370. The second-order valence-corrected chi connectivity index (χ2v) is 4.27. The van der Waals surface area contributed by atoms with Crippen LogP contribution in [0.4, 0.5) is 0 Å². The molecule has 0 aliphatic rings. The van der Waals surface area contributed by atoms with E-state index < -0.39 is 0 Å². The lowest BCUT2D eigenvalue weighted by Crippen LogP contribution is -2.29. The van der Waals surface area contributed by atoms with E-state index in [1.807, 2.05) is 13.1 Å². The molecule has 0 unspecified atom stereocenters. The highest BCUT2D eigenvalue weighted by Crippen LogP contribution is 2.22. The first-order valence-corrected chi connectivity index (χ1v) is 6.24. The largest absolute Gasteiger partial charge is 0.483 e. The molecule has 0 saturated heterocycles. The van der Waals surface area contributed by atoms with Gasteiger partial charge in [-0.25, -0.2) is 0 Å². The van der Waals surface area contributed by atoms with Gasteiger partial charge in [-0.3, -0.25) is 4.79 Å². The van der Waals surface area contributed by atoms with Crippen molar-refractivity contribution in [3.63, 3.8) is 0 Å². The smallest absolute Gasteiger partial charge is 0.257 e. The Bertz CT molecular complexity index is 471. The summed E-state index contributed by atoms with van der Waals surface area (Å²) in [4.78, 5) is 11.4. The van der Waals surface area contributed by atoms with E-state index in [0.717, 1.165) is 5.56 Å². The number of benzene rings is 1. The Hall–Kier alpha value is -1.77. The highest BCUT2D eigenvalue weighted by molar-refractivity contribution is 6.30. The van der Waals surface area contributed by atoms with Gasteiger partial charge in [-0.15, -0.1) is 0 Å². The summed E-state index contributed by atoms with van der Waals surface area (Å²) in [7, 11) is 1.82. The molecule has 0 heterocycles. The molecule has 0 radical (unpaired) electrons. The lowest BCUT2D eigenvalue weighted by molar-refractivity contribution is -0.123. The van der Waals surface area contributed by atoms with E-state index in [1.165, 1.54) is 0 Å². The van der Waals surface area contributed by atoms with Crippen LogP contribution < -0.4 is 15.4 Å². The molecule has 0 fully saturated rings. The summed E-state index contributed by atoms with van der Waals surface area (Å²) in [5.41, 5.74) is 0.889. The van der Waals surface area contributed by atoms with Crippen molar-refractivity contribution in [2.75, 3.05) is 20.2 Å². The topological polar surface area (TPSA) is 74.2 Å². The van der Waals surface area contributed by atoms with Crippen LogP contribution in [0.2, 0.25) is 5.02 Å². The van der Waals surface area contributed by atoms with E-state index in [4.69, 9.17) is 21.6 Å². The first kappa shape index (κ1) is 15.3. The van der Waals surface area contributed by atoms with Gasteiger partial charge in [-0.05, 0) is 25.2 Å². The van der Waals surface area contributed by atoms with Crippen LogP contribution in [0.5, 0.6) is 5.75 Å². The zero-order valence-corrected chi connectivity index (χ0v) is 11.5. The number of hydrogen-bond acceptors (Lipinski definition) is 4. The van der Waals surface area contributed by atoms with Gasteiger partial charge >= 0.3 is 0 Å². The third kappa shape index (κ3) is 5.60. The van der Waals surface area contributed by atoms with Crippen LogP contribution in [0, 0.1) is 11.3 Å². The van der Waals surface area contributed by atoms with Gasteiger partial charge in [0.25, 0.3) is 5.91 Å². The first-order valence-electron chi connectivity index (χ1n) is 5.87. The van der Waals surface area contributed by atoms with Crippen LogP contribution in [0.15, 0.2) is 18.2 Å². The van der Waals surface area contributed by atoms with Crippen LogP contribution in [-0.2, 0) is 11.3 Å². The standard InChI is InChI=1S/C13H16ClN3O2/c1-16-8-10-7-11(14)3-4-12(10)19-9-13(18)17-6-2-5-15/h3-4,7,16H,2,6,8-9H2,1H3,(H,17,18). The average Bonchev–Trinajstić information content (AvgIpc) is 2.38. The van der Waals surface area contributed by atoms with Crippen LogP contribution in [0.1, 0.15) is 12.0 Å². The lowest BCUT2D eigenvalue weighted by atomic mass is 10.2. The number of hydrogen-bond donors (Lipinski definition) is 2. The molecule has 0 aromatic heterocycles. The molecule has 6 heteroatoms. The Labute approximate surface area is 117 Å². The minimum Gasteiger partial charge on any atom is -0.483 e. The zero-order valence-electron chi connectivity index (χ0n) is 10.7. The Morgan fingerprint density at radius 1 is 1.53 bits per heavy atom. The van der Waals surface area contributed by atoms with E-state index in [0.29, 0.717) is 23.9 Å². The molecule has 5 nitrogen and oxygen atoms in total. The molecule has 0 aliphatic carbocycles. The number of halogens is 1. The predicted octanol–water partition coefficient (Wildman–Crippen LogP) is 1.47. The van der Waals surface area contributed by atoms with E-state index in [1.54, 1.807) is 18.2 Å². The van der Waals surface area contributed by atoms with Gasteiger partial charge in [0.15, 0.2) is 6.61 Å². The number of carbonyl (C=O) groups is 1. The summed E-state index contributed by atoms with van der Waals surface area (Å²) in [6.45, 7) is 0.860. The summed E-state index contributed by atoms with van der Waals surface area (Å²) in [6, 6.07) is 7.19. The molecule has 1 amide bonds. The van der Waals surface area contributed by atoms with Crippen molar-refractivity contribution in [1.29, 1.82) is 5.26 Å². The molecule has 102 valence electrons. The van der Waals surface area contributed by atoms with E-state index in [9.17, 15) is 4.79 Å². The summed E-state index contributed by atoms with van der Waals surface area (Å²) in [5, 5.41) is 14.6. The van der Waals surface area contributed by atoms with E-state index in [-0.39, 0.29) is 18.9 Å². The second kappa shape index (κ2) is 8.35. The number of nitrogens with one attached hydrogen (secondary N) is 2. The SMILES string of the molecule is CNCc1cc(Cl)ccc1OCC(=O)NCCC#N. The molecule has 0 saturated carbocycles. The first-order chi connectivity index (χ1) is 9.17. The maximum atomic E-state index is 11.4. The monoisotopic (exact) mass is 281 g/mol. The third-order valence-corrected chi connectivity index (χ3v) is 2.54. The Kier molecular flexibility index (Phi) is 6.72. The van der Waals surface area contributed by atoms with Crippen molar-refractivity contribution < 1.29 is 9.53 Å². The minimum atomic E-state index is -0.249. The van der Waals surface area contributed by atoms with Crippen LogP contribution in [0.3, 0.4) is 0 Å². The van der Waals surface area contributed by atoms with Gasteiger partial charge in [-0.1, -0.05) is 11.6 Å². The number of ether oxygens (including phenoxy) is 1. The molecule has 0 bridgehead atoms. The van der Waals surface area contributed by atoms with E-state index in [2.05, 4.69) is 10.6 Å². The number of rotatable bonds is 7. The van der Waals surface area contributed by atoms with Crippen molar-refractivity contribution in [1.82, 2.24) is 10.6 Å². The molecular formula is C13H16ClN3O2. The highest BCUT2D eigenvalue weighted by Gasteiger charge is 2.07. The van der Waals surface area contributed by atoms with Crippen LogP contribution in [-0.4, -0.2) is 26.1 Å². The van der Waals surface area contributed by atoms with Gasteiger partial charge in [0.1, 0.15) is 5.75 Å². The van der Waals surface area contributed by atoms with Gasteiger partial charge in [-0.2, -0.15) is 5.26 Å². The molecule has 1 rings (SSSR count). The Morgan fingerprint density at radius 2 is 2.32 bits per heavy atom. The number of nitrogens with zero attached hydrogens (tertiary/aromatic N) is 1. The van der Waals surface area contributed by atoms with Crippen molar-refractivity contribution in [2.45, 2.75) is 13.0 Å². The fraction of sp³-hybridized carbons (Fsp3) is 0.385. The quantitative estimate of drug-likeness (QED) is 0.742. The fourth-order valence-corrected chi connectivity index (χ4v) is 1.66. The minimum absolute atomic E-state index is 0.0796. The molecule has 0 spiro atoms. The molecule has 1 aromatic rings. The second-order valence-electron chi connectivity index (χ2n) is 3.83.